The van der Waals surface area contributed by atoms with Crippen molar-refractivity contribution in [2.24, 2.45) is 0 Å². The van der Waals surface area contributed by atoms with Crippen molar-refractivity contribution in [2.75, 3.05) is 7.11 Å². The highest BCUT2D eigenvalue weighted by Crippen LogP contribution is 2.15. The van der Waals surface area contributed by atoms with Crippen molar-refractivity contribution in [1.29, 1.82) is 0 Å². The average molecular weight is 289 g/mol. The quantitative estimate of drug-likeness (QED) is 0.740. The zero-order valence-electron chi connectivity index (χ0n) is 11.0. The van der Waals surface area contributed by atoms with Gasteiger partial charge in [-0.1, -0.05) is 23.7 Å². The third-order valence-corrected chi connectivity index (χ3v) is 3.40. The van der Waals surface area contributed by atoms with Crippen molar-refractivity contribution < 1.29 is 4.74 Å². The smallest absolute Gasteiger partial charge is 0.180 e. The fraction of sp³-hybridized carbons (Fsp3) is 0.214. The molecule has 0 fully saturated rings. The van der Waals surface area contributed by atoms with Gasteiger partial charge in [0.1, 0.15) is 16.7 Å². The van der Waals surface area contributed by atoms with E-state index >= 15 is 0 Å². The molecule has 3 rings (SSSR count). The highest BCUT2D eigenvalue weighted by Gasteiger charge is 2.08. The lowest BCUT2D eigenvalue weighted by Gasteiger charge is -2.04. The van der Waals surface area contributed by atoms with Gasteiger partial charge in [0.05, 0.1) is 19.5 Å². The number of aromatic nitrogens is 4. The Morgan fingerprint density at radius 3 is 2.65 bits per heavy atom. The summed E-state index contributed by atoms with van der Waals surface area (Å²) >= 11 is 6.13. The normalized spacial score (nSPS) is 10.9. The summed E-state index contributed by atoms with van der Waals surface area (Å²) in [5.41, 5.74) is 1.88. The summed E-state index contributed by atoms with van der Waals surface area (Å²) in [6.07, 6.45) is 4.87. The molecule has 0 unspecified atom stereocenters. The topological polar surface area (TPSA) is 52.3 Å². The van der Waals surface area contributed by atoms with Crippen LogP contribution < -0.4 is 4.74 Å². The van der Waals surface area contributed by atoms with Gasteiger partial charge < -0.3 is 4.74 Å². The van der Waals surface area contributed by atoms with Gasteiger partial charge in [0, 0.05) is 6.42 Å². The Morgan fingerprint density at radius 2 is 1.90 bits per heavy atom. The van der Waals surface area contributed by atoms with Gasteiger partial charge in [-0.05, 0) is 24.1 Å². The predicted octanol–water partition coefficient (Wildman–Crippen LogP) is 2.57. The molecule has 0 saturated carbocycles. The van der Waals surface area contributed by atoms with Crippen LogP contribution in [0.25, 0.3) is 5.65 Å². The Bertz CT molecular complexity index is 724. The summed E-state index contributed by atoms with van der Waals surface area (Å²) in [6.45, 7) is 0. The van der Waals surface area contributed by atoms with Crippen LogP contribution in [0.2, 0.25) is 5.15 Å². The largest absolute Gasteiger partial charge is 0.497 e. The van der Waals surface area contributed by atoms with Crippen molar-refractivity contribution in [2.45, 2.75) is 12.8 Å². The first-order valence-electron chi connectivity index (χ1n) is 6.24. The maximum Gasteiger partial charge on any atom is 0.180 e. The molecule has 0 aliphatic rings. The molecule has 2 aromatic heterocycles. The Morgan fingerprint density at radius 1 is 1.10 bits per heavy atom. The molecule has 20 heavy (non-hydrogen) atoms. The van der Waals surface area contributed by atoms with Gasteiger partial charge in [-0.25, -0.2) is 0 Å². The Balaban J connectivity index is 1.79. The van der Waals surface area contributed by atoms with Crippen LogP contribution in [0.15, 0.2) is 36.7 Å². The molecule has 0 saturated heterocycles. The summed E-state index contributed by atoms with van der Waals surface area (Å²) in [7, 11) is 1.66. The van der Waals surface area contributed by atoms with Crippen molar-refractivity contribution in [3.8, 4) is 5.75 Å². The third kappa shape index (κ3) is 2.44. The van der Waals surface area contributed by atoms with E-state index < -0.39 is 0 Å². The maximum absolute atomic E-state index is 6.13. The summed E-state index contributed by atoms with van der Waals surface area (Å²) in [5, 5.41) is 8.76. The van der Waals surface area contributed by atoms with Gasteiger partial charge in [-0.15, -0.1) is 10.2 Å². The number of nitrogens with zero attached hydrogens (tertiary/aromatic N) is 4. The number of halogens is 1. The minimum absolute atomic E-state index is 0.525. The van der Waals surface area contributed by atoms with E-state index in [9.17, 15) is 0 Å². The number of rotatable bonds is 4. The van der Waals surface area contributed by atoms with Crippen molar-refractivity contribution in [3.05, 3.63) is 53.2 Å². The molecule has 0 atom stereocenters. The average Bonchev–Trinajstić information content (AvgIpc) is 2.90. The molecule has 102 valence electrons. The van der Waals surface area contributed by atoms with E-state index in [0.29, 0.717) is 10.8 Å². The van der Waals surface area contributed by atoms with Crippen molar-refractivity contribution in [1.82, 2.24) is 19.6 Å². The van der Waals surface area contributed by atoms with Crippen LogP contribution in [0, 0.1) is 0 Å². The van der Waals surface area contributed by atoms with Gasteiger partial charge in [0.25, 0.3) is 0 Å². The van der Waals surface area contributed by atoms with Gasteiger partial charge in [-0.2, -0.15) is 0 Å². The molecular weight excluding hydrogens is 276 g/mol. The fourth-order valence-corrected chi connectivity index (χ4v) is 2.32. The van der Waals surface area contributed by atoms with E-state index in [1.165, 1.54) is 5.56 Å². The van der Waals surface area contributed by atoms with E-state index in [4.69, 9.17) is 16.3 Å². The molecule has 3 aromatic rings. The number of benzene rings is 1. The predicted molar refractivity (Wildman–Crippen MR) is 76.2 cm³/mol. The second kappa shape index (κ2) is 5.46. The van der Waals surface area contributed by atoms with Gasteiger partial charge >= 0.3 is 0 Å². The van der Waals surface area contributed by atoms with Crippen LogP contribution in [-0.2, 0) is 12.8 Å². The third-order valence-electron chi connectivity index (χ3n) is 3.14. The van der Waals surface area contributed by atoms with E-state index in [0.717, 1.165) is 24.4 Å². The molecule has 0 aliphatic carbocycles. The number of fused-ring (bicyclic) bond motifs is 1. The summed E-state index contributed by atoms with van der Waals surface area (Å²) in [5.74, 6) is 1.69. The maximum atomic E-state index is 6.13. The van der Waals surface area contributed by atoms with Crippen LogP contribution in [0.4, 0.5) is 0 Å². The minimum atomic E-state index is 0.525. The summed E-state index contributed by atoms with van der Waals surface area (Å²) in [6, 6.07) is 8.00. The molecule has 0 radical (unpaired) electrons. The highest BCUT2D eigenvalue weighted by atomic mass is 35.5. The highest BCUT2D eigenvalue weighted by molar-refractivity contribution is 6.29. The SMILES string of the molecule is COc1ccc(CCc2nnc3cncc(Cl)n23)cc1. The van der Waals surface area contributed by atoms with Gasteiger partial charge in [0.2, 0.25) is 0 Å². The lowest BCUT2D eigenvalue weighted by atomic mass is 10.1. The van der Waals surface area contributed by atoms with E-state index in [1.54, 1.807) is 19.5 Å². The second-order valence-corrected chi connectivity index (χ2v) is 4.78. The fourth-order valence-electron chi connectivity index (χ4n) is 2.08. The molecule has 6 heteroatoms. The molecule has 2 heterocycles. The molecular formula is C14H13ClN4O. The lowest BCUT2D eigenvalue weighted by molar-refractivity contribution is 0.414. The lowest BCUT2D eigenvalue weighted by Crippen LogP contribution is -1.99. The van der Waals surface area contributed by atoms with Crippen LogP contribution in [0.1, 0.15) is 11.4 Å². The molecule has 0 amide bonds. The zero-order valence-corrected chi connectivity index (χ0v) is 11.7. The Hall–Kier alpha value is -2.14. The molecule has 0 aliphatic heterocycles. The Kier molecular flexibility index (Phi) is 3.52. The van der Waals surface area contributed by atoms with Crippen LogP contribution >= 0.6 is 11.6 Å². The number of methoxy groups -OCH3 is 1. The summed E-state index contributed by atoms with van der Waals surface area (Å²) < 4.78 is 6.96. The molecule has 0 spiro atoms. The van der Waals surface area contributed by atoms with Crippen LogP contribution in [0.3, 0.4) is 0 Å². The van der Waals surface area contributed by atoms with Crippen LogP contribution in [0.5, 0.6) is 5.75 Å². The Labute approximate surface area is 121 Å². The van der Waals surface area contributed by atoms with E-state index in [2.05, 4.69) is 15.2 Å². The number of hydrogen-bond donors (Lipinski definition) is 0. The summed E-state index contributed by atoms with van der Waals surface area (Å²) in [4.78, 5) is 3.99. The van der Waals surface area contributed by atoms with Gasteiger partial charge in [-0.3, -0.25) is 9.38 Å². The molecule has 5 nitrogen and oxygen atoms in total. The number of hydrogen-bond acceptors (Lipinski definition) is 4. The van der Waals surface area contributed by atoms with E-state index in [-0.39, 0.29) is 0 Å². The zero-order chi connectivity index (χ0) is 13.9. The van der Waals surface area contributed by atoms with Crippen molar-refractivity contribution >= 4 is 17.2 Å². The number of aryl methyl sites for hydroxylation is 2. The first kappa shape index (κ1) is 12.9. The first-order chi connectivity index (χ1) is 9.78. The molecule has 1 aromatic carbocycles. The standard InChI is InChI=1S/C14H13ClN4O/c1-20-11-5-2-10(3-6-11)4-7-13-17-18-14-9-16-8-12(15)19(13)14/h2-3,5-6,8-9H,4,7H2,1H3. The number of ether oxygens (including phenoxy) is 1. The van der Waals surface area contributed by atoms with Gasteiger partial charge in [0.15, 0.2) is 5.65 Å². The monoisotopic (exact) mass is 288 g/mol. The second-order valence-electron chi connectivity index (χ2n) is 4.39. The minimum Gasteiger partial charge on any atom is -0.497 e. The van der Waals surface area contributed by atoms with Crippen LogP contribution in [-0.4, -0.2) is 26.7 Å². The first-order valence-corrected chi connectivity index (χ1v) is 6.62. The molecule has 0 bridgehead atoms. The van der Waals surface area contributed by atoms with Crippen molar-refractivity contribution in [3.63, 3.8) is 0 Å². The van der Waals surface area contributed by atoms with E-state index in [1.807, 2.05) is 28.7 Å². The molecule has 0 N–H and O–H groups in total.